The molecule has 0 aliphatic carbocycles. The van der Waals surface area contributed by atoms with E-state index < -0.39 is 0 Å². The molecule has 2 aromatic heterocycles. The van der Waals surface area contributed by atoms with Gasteiger partial charge in [-0.1, -0.05) is 72.4 Å². The lowest BCUT2D eigenvalue weighted by Gasteiger charge is -2.15. The first kappa shape index (κ1) is 26.9. The minimum Gasteiger partial charge on any atom is -0.493 e. The molecule has 0 saturated carbocycles. The molecule has 204 valence electrons. The number of fused-ring (bicyclic) bond motifs is 1. The molecule has 0 spiro atoms. The Kier molecular flexibility index (Phi) is 8.07. The van der Waals surface area contributed by atoms with E-state index in [0.29, 0.717) is 45.7 Å². The van der Waals surface area contributed by atoms with Gasteiger partial charge in [-0.3, -0.25) is 14.2 Å². The molecule has 2 heterocycles. The van der Waals surface area contributed by atoms with Gasteiger partial charge in [0, 0.05) is 29.6 Å². The third-order valence-corrected chi connectivity index (χ3v) is 7.28. The number of anilines is 1. The van der Waals surface area contributed by atoms with Crippen molar-refractivity contribution < 1.29 is 19.0 Å². The van der Waals surface area contributed by atoms with Crippen molar-refractivity contribution in [3.8, 4) is 28.4 Å². The standard InChI is InChI=1S/C30H28N4O5S/c1-37-23-14-21(15-24(38-2)28(23)39-3)32-25(35)18-40-30-33-26-22(20-12-8-5-9-13-20)16-31-27(26)29(36)34(30)17-19-10-6-4-7-11-19/h4-16,31H,17-18H2,1-3H3,(H,32,35). The van der Waals surface area contributed by atoms with Gasteiger partial charge in [-0.05, 0) is 11.1 Å². The minimum absolute atomic E-state index is 0.0223. The predicted octanol–water partition coefficient (Wildman–Crippen LogP) is 5.20. The summed E-state index contributed by atoms with van der Waals surface area (Å²) < 4.78 is 17.7. The normalized spacial score (nSPS) is 10.9. The van der Waals surface area contributed by atoms with Crippen LogP contribution < -0.4 is 25.1 Å². The number of nitrogens with zero attached hydrogens (tertiary/aromatic N) is 2. The molecule has 40 heavy (non-hydrogen) atoms. The van der Waals surface area contributed by atoms with Crippen molar-refractivity contribution in [3.63, 3.8) is 0 Å². The van der Waals surface area contributed by atoms with Crippen LogP contribution in [0.1, 0.15) is 5.56 Å². The van der Waals surface area contributed by atoms with Crippen molar-refractivity contribution >= 4 is 34.4 Å². The fraction of sp³-hybridized carbons (Fsp3) is 0.167. The predicted molar refractivity (Wildman–Crippen MR) is 157 cm³/mol. The SMILES string of the molecule is COc1cc(NC(=O)CSc2nc3c(-c4ccccc4)c[nH]c3c(=O)n2Cc2ccccc2)cc(OC)c1OC. The molecular formula is C30H28N4O5S. The summed E-state index contributed by atoms with van der Waals surface area (Å²) in [7, 11) is 4.54. The molecule has 0 atom stereocenters. The van der Waals surface area contributed by atoms with E-state index >= 15 is 0 Å². The summed E-state index contributed by atoms with van der Waals surface area (Å²) in [5, 5.41) is 3.31. The summed E-state index contributed by atoms with van der Waals surface area (Å²) in [6.07, 6.45) is 1.80. The van der Waals surface area contributed by atoms with Gasteiger partial charge < -0.3 is 24.5 Å². The second-order valence-electron chi connectivity index (χ2n) is 8.81. The van der Waals surface area contributed by atoms with Gasteiger partial charge in [-0.25, -0.2) is 4.98 Å². The highest BCUT2D eigenvalue weighted by Gasteiger charge is 2.19. The number of aromatic nitrogens is 3. The molecule has 9 nitrogen and oxygen atoms in total. The van der Waals surface area contributed by atoms with Crippen molar-refractivity contribution in [1.82, 2.24) is 14.5 Å². The third kappa shape index (κ3) is 5.52. The lowest BCUT2D eigenvalue weighted by molar-refractivity contribution is -0.113. The monoisotopic (exact) mass is 556 g/mol. The van der Waals surface area contributed by atoms with Gasteiger partial charge >= 0.3 is 0 Å². The van der Waals surface area contributed by atoms with E-state index in [0.717, 1.165) is 16.7 Å². The fourth-order valence-electron chi connectivity index (χ4n) is 4.41. The quantitative estimate of drug-likeness (QED) is 0.180. The Morgan fingerprint density at radius 1 is 0.950 bits per heavy atom. The number of hydrogen-bond donors (Lipinski definition) is 2. The molecule has 0 fully saturated rings. The fourth-order valence-corrected chi connectivity index (χ4v) is 5.20. The van der Waals surface area contributed by atoms with E-state index in [1.54, 1.807) is 22.9 Å². The number of nitrogens with one attached hydrogen (secondary N) is 2. The van der Waals surface area contributed by atoms with Crippen molar-refractivity contribution in [3.05, 3.63) is 94.9 Å². The maximum absolute atomic E-state index is 13.7. The molecule has 5 aromatic rings. The number of benzene rings is 3. The number of rotatable bonds is 10. The van der Waals surface area contributed by atoms with Crippen LogP contribution >= 0.6 is 11.8 Å². The van der Waals surface area contributed by atoms with Crippen molar-refractivity contribution in [2.45, 2.75) is 11.7 Å². The maximum atomic E-state index is 13.7. The number of hydrogen-bond acceptors (Lipinski definition) is 7. The number of ether oxygens (including phenoxy) is 3. The highest BCUT2D eigenvalue weighted by Crippen LogP contribution is 2.40. The Hall–Kier alpha value is -4.70. The van der Waals surface area contributed by atoms with Gasteiger partial charge in [0.1, 0.15) is 11.0 Å². The number of aromatic amines is 1. The summed E-state index contributed by atoms with van der Waals surface area (Å²) in [6, 6.07) is 22.7. The number of carbonyl (C=O) groups is 1. The second-order valence-corrected chi connectivity index (χ2v) is 9.76. The zero-order valence-electron chi connectivity index (χ0n) is 22.3. The number of methoxy groups -OCH3 is 3. The van der Waals surface area contributed by atoms with Crippen molar-refractivity contribution in [1.29, 1.82) is 0 Å². The average Bonchev–Trinajstić information content (AvgIpc) is 3.42. The molecule has 0 unspecified atom stereocenters. The Bertz CT molecular complexity index is 1680. The zero-order chi connectivity index (χ0) is 28.1. The summed E-state index contributed by atoms with van der Waals surface area (Å²) in [4.78, 5) is 34.7. The van der Waals surface area contributed by atoms with Gasteiger partial charge in [0.15, 0.2) is 16.7 Å². The molecule has 10 heteroatoms. The van der Waals surface area contributed by atoms with E-state index in [1.165, 1.54) is 33.1 Å². The minimum atomic E-state index is -0.280. The highest BCUT2D eigenvalue weighted by molar-refractivity contribution is 7.99. The summed E-state index contributed by atoms with van der Waals surface area (Å²) in [6.45, 7) is 0.319. The smallest absolute Gasteiger partial charge is 0.278 e. The van der Waals surface area contributed by atoms with Gasteiger partial charge in [0.2, 0.25) is 11.7 Å². The zero-order valence-corrected chi connectivity index (χ0v) is 23.1. The molecule has 0 saturated heterocycles. The first-order valence-electron chi connectivity index (χ1n) is 12.5. The Balaban J connectivity index is 1.47. The molecule has 0 aliphatic heterocycles. The molecule has 2 N–H and O–H groups in total. The second kappa shape index (κ2) is 12.0. The molecule has 0 bridgehead atoms. The van der Waals surface area contributed by atoms with Crippen LogP contribution in [0.3, 0.4) is 0 Å². The van der Waals surface area contributed by atoms with Crippen LogP contribution in [0.2, 0.25) is 0 Å². The van der Waals surface area contributed by atoms with E-state index in [-0.39, 0.29) is 17.2 Å². The summed E-state index contributed by atoms with van der Waals surface area (Å²) in [5.41, 5.74) is 3.98. The van der Waals surface area contributed by atoms with E-state index in [9.17, 15) is 9.59 Å². The van der Waals surface area contributed by atoms with Gasteiger partial charge in [-0.15, -0.1) is 0 Å². The highest BCUT2D eigenvalue weighted by atomic mass is 32.2. The van der Waals surface area contributed by atoms with Crippen LogP contribution in [0, 0.1) is 0 Å². The Morgan fingerprint density at radius 2 is 1.60 bits per heavy atom. The largest absolute Gasteiger partial charge is 0.493 e. The molecule has 3 aromatic carbocycles. The van der Waals surface area contributed by atoms with Crippen LogP contribution in [0.25, 0.3) is 22.2 Å². The molecular weight excluding hydrogens is 528 g/mol. The molecule has 5 rings (SSSR count). The Labute approximate surface area is 235 Å². The van der Waals surface area contributed by atoms with E-state index in [2.05, 4.69) is 10.3 Å². The van der Waals surface area contributed by atoms with Crippen LogP contribution in [0.4, 0.5) is 5.69 Å². The van der Waals surface area contributed by atoms with E-state index in [4.69, 9.17) is 19.2 Å². The van der Waals surface area contributed by atoms with Crippen molar-refractivity contribution in [2.24, 2.45) is 0 Å². The molecule has 0 radical (unpaired) electrons. The van der Waals surface area contributed by atoms with Crippen LogP contribution in [-0.4, -0.2) is 47.5 Å². The first-order chi connectivity index (χ1) is 19.5. The van der Waals surface area contributed by atoms with Crippen molar-refractivity contribution in [2.75, 3.05) is 32.4 Å². The van der Waals surface area contributed by atoms with Crippen LogP contribution in [0.15, 0.2) is 88.9 Å². The lowest BCUT2D eigenvalue weighted by atomic mass is 10.1. The number of carbonyl (C=O) groups excluding carboxylic acids is 1. The molecule has 1 amide bonds. The number of H-pyrrole nitrogens is 1. The van der Waals surface area contributed by atoms with Crippen LogP contribution in [-0.2, 0) is 11.3 Å². The third-order valence-electron chi connectivity index (χ3n) is 6.30. The number of thioether (sulfide) groups is 1. The summed E-state index contributed by atoms with van der Waals surface area (Å²) >= 11 is 1.20. The average molecular weight is 557 g/mol. The first-order valence-corrected chi connectivity index (χ1v) is 13.4. The van der Waals surface area contributed by atoms with Gasteiger partial charge in [0.25, 0.3) is 5.56 Å². The summed E-state index contributed by atoms with van der Waals surface area (Å²) in [5.74, 6) is 1.02. The molecule has 0 aliphatic rings. The van der Waals surface area contributed by atoms with E-state index in [1.807, 2.05) is 60.7 Å². The Morgan fingerprint density at radius 3 is 2.23 bits per heavy atom. The lowest BCUT2D eigenvalue weighted by Crippen LogP contribution is -2.25. The maximum Gasteiger partial charge on any atom is 0.278 e. The van der Waals surface area contributed by atoms with Gasteiger partial charge in [-0.2, -0.15) is 0 Å². The van der Waals surface area contributed by atoms with Crippen LogP contribution in [0.5, 0.6) is 17.2 Å². The van der Waals surface area contributed by atoms with Gasteiger partial charge in [0.05, 0.1) is 33.6 Å². The topological polar surface area (TPSA) is 107 Å². The number of amides is 1.